The normalized spacial score (nSPS) is 15.9. The number of nitro benzene ring substituents is 1. The highest BCUT2D eigenvalue weighted by Gasteiger charge is 2.29. The average Bonchev–Trinajstić information content (AvgIpc) is 2.78. The van der Waals surface area contributed by atoms with Crippen molar-refractivity contribution < 1.29 is 34.3 Å². The zero-order chi connectivity index (χ0) is 25.3. The summed E-state index contributed by atoms with van der Waals surface area (Å²) < 4.78 is 0. The fourth-order valence-corrected chi connectivity index (χ4v) is 3.93. The number of nitrogens with one attached hydrogen (secondary N) is 2. The number of nitrogens with two attached hydrogens (primary N) is 1. The lowest BCUT2D eigenvalue weighted by molar-refractivity contribution is -0.385. The van der Waals surface area contributed by atoms with Gasteiger partial charge in [-0.1, -0.05) is 38.2 Å². The van der Waals surface area contributed by atoms with Crippen molar-refractivity contribution in [1.29, 1.82) is 0 Å². The zero-order valence-corrected chi connectivity index (χ0v) is 18.4. The molecule has 0 bridgehead atoms. The molecule has 0 aliphatic heterocycles. The van der Waals surface area contributed by atoms with Gasteiger partial charge in [0.15, 0.2) is 5.75 Å². The van der Waals surface area contributed by atoms with Gasteiger partial charge in [-0.3, -0.25) is 24.5 Å². The molecule has 0 heterocycles. The van der Waals surface area contributed by atoms with Crippen LogP contribution in [0.3, 0.4) is 0 Å². The number of carboxylic acid groups (broad SMARTS) is 1. The van der Waals surface area contributed by atoms with Crippen LogP contribution in [0.5, 0.6) is 5.75 Å². The van der Waals surface area contributed by atoms with E-state index in [-0.39, 0.29) is 17.9 Å². The molecule has 2 atom stereocenters. The number of rotatable bonds is 11. The quantitative estimate of drug-likeness (QED) is 0.176. The second kappa shape index (κ2) is 12.3. The SMILES string of the molecule is NC(=O)[C@H](Cc1ccc(O)c([N+](=O)[O-])c1)NC(=O)[C@H](CC1CCCCC1)NC(=O)/C=C/C(=O)O. The lowest BCUT2D eigenvalue weighted by Crippen LogP contribution is -2.54. The third kappa shape index (κ3) is 8.19. The van der Waals surface area contributed by atoms with Crippen LogP contribution in [0.2, 0.25) is 0 Å². The van der Waals surface area contributed by atoms with Crippen LogP contribution in [0.15, 0.2) is 30.4 Å². The van der Waals surface area contributed by atoms with Crippen molar-refractivity contribution in [2.24, 2.45) is 11.7 Å². The van der Waals surface area contributed by atoms with Crippen molar-refractivity contribution in [3.8, 4) is 5.75 Å². The van der Waals surface area contributed by atoms with E-state index in [2.05, 4.69) is 10.6 Å². The monoisotopic (exact) mass is 476 g/mol. The number of aromatic hydroxyl groups is 1. The molecule has 0 radical (unpaired) electrons. The molecular formula is C22H28N4O8. The number of hydrogen-bond donors (Lipinski definition) is 5. The molecule has 0 saturated heterocycles. The number of amides is 3. The fourth-order valence-electron chi connectivity index (χ4n) is 3.93. The Labute approximate surface area is 195 Å². The molecule has 1 saturated carbocycles. The molecule has 2 rings (SSSR count). The van der Waals surface area contributed by atoms with E-state index >= 15 is 0 Å². The average molecular weight is 476 g/mol. The van der Waals surface area contributed by atoms with Crippen molar-refractivity contribution >= 4 is 29.4 Å². The van der Waals surface area contributed by atoms with Gasteiger partial charge in [0.2, 0.25) is 17.7 Å². The number of phenolic OH excluding ortho intramolecular Hbond substituents is 1. The molecule has 12 nitrogen and oxygen atoms in total. The first-order chi connectivity index (χ1) is 16.1. The molecule has 6 N–H and O–H groups in total. The molecule has 0 aromatic heterocycles. The first kappa shape index (κ1) is 26.3. The van der Waals surface area contributed by atoms with Crippen LogP contribution in [0.1, 0.15) is 44.1 Å². The number of carbonyl (C=O) groups is 4. The summed E-state index contributed by atoms with van der Waals surface area (Å²) in [5.41, 5.74) is 5.15. The lowest BCUT2D eigenvalue weighted by Gasteiger charge is -2.27. The molecule has 1 aliphatic rings. The van der Waals surface area contributed by atoms with Gasteiger partial charge in [0, 0.05) is 24.6 Å². The zero-order valence-electron chi connectivity index (χ0n) is 18.4. The van der Waals surface area contributed by atoms with E-state index in [1.54, 1.807) is 0 Å². The Kier molecular flexibility index (Phi) is 9.53. The van der Waals surface area contributed by atoms with Crippen LogP contribution in [0.4, 0.5) is 5.69 Å². The van der Waals surface area contributed by atoms with Gasteiger partial charge in [-0.05, 0) is 24.0 Å². The molecule has 1 fully saturated rings. The summed E-state index contributed by atoms with van der Waals surface area (Å²) in [7, 11) is 0. The Balaban J connectivity index is 2.17. The molecule has 1 aromatic carbocycles. The maximum Gasteiger partial charge on any atom is 0.328 e. The number of aliphatic carboxylic acids is 1. The van der Waals surface area contributed by atoms with E-state index in [1.165, 1.54) is 6.07 Å². The number of benzene rings is 1. The van der Waals surface area contributed by atoms with E-state index in [9.17, 15) is 34.4 Å². The number of nitro groups is 1. The summed E-state index contributed by atoms with van der Waals surface area (Å²) in [6.07, 6.45) is 6.40. The molecular weight excluding hydrogens is 448 g/mol. The summed E-state index contributed by atoms with van der Waals surface area (Å²) in [5.74, 6) is -4.04. The number of carboxylic acids is 1. The van der Waals surface area contributed by atoms with Crippen molar-refractivity contribution in [1.82, 2.24) is 10.6 Å². The highest BCUT2D eigenvalue weighted by molar-refractivity contribution is 5.97. The maximum absolute atomic E-state index is 13.0. The van der Waals surface area contributed by atoms with Gasteiger partial charge >= 0.3 is 11.7 Å². The fraction of sp³-hybridized carbons (Fsp3) is 0.455. The van der Waals surface area contributed by atoms with E-state index in [0.717, 1.165) is 50.3 Å². The van der Waals surface area contributed by atoms with Crippen LogP contribution < -0.4 is 16.4 Å². The number of carbonyl (C=O) groups excluding carboxylic acids is 3. The van der Waals surface area contributed by atoms with Crippen molar-refractivity contribution in [3.05, 3.63) is 46.0 Å². The number of nitrogens with zero attached hydrogens (tertiary/aromatic N) is 1. The highest BCUT2D eigenvalue weighted by atomic mass is 16.6. The van der Waals surface area contributed by atoms with Gasteiger partial charge in [-0.25, -0.2) is 4.79 Å². The number of hydrogen-bond acceptors (Lipinski definition) is 7. The van der Waals surface area contributed by atoms with Crippen LogP contribution in [-0.4, -0.2) is 50.9 Å². The topological polar surface area (TPSA) is 202 Å². The Bertz CT molecular complexity index is 972. The van der Waals surface area contributed by atoms with Gasteiger partial charge in [0.05, 0.1) is 4.92 Å². The van der Waals surface area contributed by atoms with Crippen molar-refractivity contribution in [3.63, 3.8) is 0 Å². The van der Waals surface area contributed by atoms with Gasteiger partial charge in [-0.15, -0.1) is 0 Å². The minimum absolute atomic E-state index is 0.167. The van der Waals surface area contributed by atoms with Gasteiger partial charge in [0.25, 0.3) is 0 Å². The van der Waals surface area contributed by atoms with Crippen LogP contribution in [0, 0.1) is 16.0 Å². The predicted octanol–water partition coefficient (Wildman–Crippen LogP) is 0.909. The molecule has 3 amide bonds. The van der Waals surface area contributed by atoms with Gasteiger partial charge in [0.1, 0.15) is 12.1 Å². The Morgan fingerprint density at radius 1 is 1.12 bits per heavy atom. The highest BCUT2D eigenvalue weighted by Crippen LogP contribution is 2.28. The largest absolute Gasteiger partial charge is 0.502 e. The smallest absolute Gasteiger partial charge is 0.328 e. The summed E-state index contributed by atoms with van der Waals surface area (Å²) in [6, 6.07) is 1.27. The number of phenols is 1. The predicted molar refractivity (Wildman–Crippen MR) is 119 cm³/mol. The molecule has 0 spiro atoms. The van der Waals surface area contributed by atoms with E-state index in [4.69, 9.17) is 10.8 Å². The number of primary amides is 1. The van der Waals surface area contributed by atoms with E-state index < -0.39 is 52.1 Å². The van der Waals surface area contributed by atoms with E-state index in [1.807, 2.05) is 0 Å². The van der Waals surface area contributed by atoms with E-state index in [0.29, 0.717) is 12.5 Å². The van der Waals surface area contributed by atoms with Crippen LogP contribution in [0.25, 0.3) is 0 Å². The minimum Gasteiger partial charge on any atom is -0.502 e. The summed E-state index contributed by atoms with van der Waals surface area (Å²) >= 11 is 0. The Hall–Kier alpha value is -3.96. The third-order valence-electron chi connectivity index (χ3n) is 5.64. The lowest BCUT2D eigenvalue weighted by atomic mass is 9.84. The summed E-state index contributed by atoms with van der Waals surface area (Å²) in [4.78, 5) is 58.1. The summed E-state index contributed by atoms with van der Waals surface area (Å²) in [6.45, 7) is 0. The second-order valence-electron chi connectivity index (χ2n) is 8.22. The molecule has 1 aliphatic carbocycles. The van der Waals surface area contributed by atoms with Gasteiger partial charge in [-0.2, -0.15) is 0 Å². The first-order valence-electron chi connectivity index (χ1n) is 10.8. The molecule has 12 heteroatoms. The first-order valence-corrected chi connectivity index (χ1v) is 10.8. The molecule has 1 aromatic rings. The maximum atomic E-state index is 13.0. The molecule has 34 heavy (non-hydrogen) atoms. The molecule has 0 unspecified atom stereocenters. The standard InChI is InChI=1S/C22H28N4O8/c23-21(31)15(11-14-6-7-18(27)17(12-14)26(33)34)25-22(32)16(10-13-4-2-1-3-5-13)24-19(28)8-9-20(29)30/h6-9,12-13,15-16,27H,1-5,10-11H2,(H2,23,31)(H,24,28)(H,25,32)(H,29,30)/b9-8+/t15-,16-/m0/s1. The van der Waals surface area contributed by atoms with Crippen LogP contribution >= 0.6 is 0 Å². The molecule has 184 valence electrons. The van der Waals surface area contributed by atoms with Crippen molar-refractivity contribution in [2.75, 3.05) is 0 Å². The van der Waals surface area contributed by atoms with Gasteiger partial charge < -0.3 is 26.6 Å². The third-order valence-corrected chi connectivity index (χ3v) is 5.64. The van der Waals surface area contributed by atoms with Crippen LogP contribution in [-0.2, 0) is 25.6 Å². The minimum atomic E-state index is -1.32. The van der Waals surface area contributed by atoms with Crippen molar-refractivity contribution in [2.45, 2.75) is 57.0 Å². The second-order valence-corrected chi connectivity index (χ2v) is 8.22. The summed E-state index contributed by atoms with van der Waals surface area (Å²) in [5, 5.41) is 34.3. The Morgan fingerprint density at radius 3 is 2.38 bits per heavy atom. The Morgan fingerprint density at radius 2 is 1.79 bits per heavy atom.